The van der Waals surface area contributed by atoms with Gasteiger partial charge in [0.25, 0.3) is 5.56 Å². The van der Waals surface area contributed by atoms with Gasteiger partial charge in [-0.25, -0.2) is 9.79 Å². The Kier molecular flexibility index (Phi) is 7.97. The number of hydrogen-bond donors (Lipinski definition) is 0. The summed E-state index contributed by atoms with van der Waals surface area (Å²) in [7, 11) is 1.54. The second kappa shape index (κ2) is 11.5. The number of rotatable bonds is 7. The van der Waals surface area contributed by atoms with Crippen LogP contribution in [0.15, 0.2) is 84.5 Å². The molecule has 0 fully saturated rings. The zero-order chi connectivity index (χ0) is 29.4. The first-order chi connectivity index (χ1) is 19.6. The van der Waals surface area contributed by atoms with Crippen molar-refractivity contribution in [2.45, 2.75) is 39.8 Å². The summed E-state index contributed by atoms with van der Waals surface area (Å²) in [5.41, 5.74) is 2.45. The second-order valence-electron chi connectivity index (χ2n) is 9.76. The fraction of sp³-hybridized carbons (Fsp3) is 0.226. The summed E-state index contributed by atoms with van der Waals surface area (Å²) < 4.78 is 19.9. The van der Waals surface area contributed by atoms with E-state index in [2.05, 4.69) is 20.9 Å². The van der Waals surface area contributed by atoms with E-state index in [-0.39, 0.29) is 23.0 Å². The number of aromatic nitrogens is 1. The summed E-state index contributed by atoms with van der Waals surface area (Å²) in [5.74, 6) is 1.04. The average molecular weight is 636 g/mol. The van der Waals surface area contributed by atoms with Crippen LogP contribution in [0.2, 0.25) is 0 Å². The SMILES string of the molecule is COc1ccc(Br)cc1[C@@H]1C(C(=O)OC(C)C)=C(C)N=c2s/c(=C\c3ccc(-c4ccc(C(C)=O)cc4)o3)c(=O)n21. The van der Waals surface area contributed by atoms with Crippen molar-refractivity contribution >= 4 is 45.1 Å². The van der Waals surface area contributed by atoms with Crippen LogP contribution >= 0.6 is 27.3 Å². The molecule has 4 aromatic rings. The first-order valence-electron chi connectivity index (χ1n) is 12.9. The van der Waals surface area contributed by atoms with Crippen LogP contribution in [0.5, 0.6) is 5.75 Å². The van der Waals surface area contributed by atoms with E-state index in [1.165, 1.54) is 22.8 Å². The van der Waals surface area contributed by atoms with Gasteiger partial charge in [0.1, 0.15) is 23.3 Å². The van der Waals surface area contributed by atoms with Gasteiger partial charge in [0.2, 0.25) is 0 Å². The highest BCUT2D eigenvalue weighted by Gasteiger charge is 2.35. The van der Waals surface area contributed by atoms with Crippen molar-refractivity contribution in [3.8, 4) is 17.1 Å². The monoisotopic (exact) mass is 634 g/mol. The van der Waals surface area contributed by atoms with E-state index < -0.39 is 12.0 Å². The first kappa shape index (κ1) is 28.5. The predicted molar refractivity (Wildman–Crippen MR) is 160 cm³/mol. The van der Waals surface area contributed by atoms with E-state index in [0.717, 1.165) is 10.0 Å². The largest absolute Gasteiger partial charge is 0.496 e. The fourth-order valence-corrected chi connectivity index (χ4v) is 6.06. The van der Waals surface area contributed by atoms with Gasteiger partial charge in [0, 0.05) is 27.2 Å². The molecule has 1 aliphatic rings. The number of carbonyl (C=O) groups excluding carboxylic acids is 2. The molecule has 0 saturated carbocycles. The standard InChI is InChI=1S/C31H27BrN2O6S/c1-16(2)39-30(37)27-17(3)33-31-34(28(27)23-14-21(32)10-12-25(23)38-5)29(36)26(41-31)15-22-11-13-24(40-22)20-8-6-19(7-9-20)18(4)35/h6-16,28H,1-5H3/b26-15-/t28-/m1/s1. The Bertz CT molecular complexity index is 1880. The van der Waals surface area contributed by atoms with E-state index in [9.17, 15) is 14.4 Å². The first-order valence-corrected chi connectivity index (χ1v) is 14.5. The number of ketones is 1. The Morgan fingerprint density at radius 3 is 2.51 bits per heavy atom. The minimum atomic E-state index is -0.820. The number of thiazole rings is 1. The normalized spacial score (nSPS) is 15.1. The van der Waals surface area contributed by atoms with E-state index in [1.807, 2.05) is 30.3 Å². The molecule has 1 atom stereocenters. The number of allylic oxidation sites excluding steroid dienone is 1. The molecule has 0 radical (unpaired) electrons. The minimum Gasteiger partial charge on any atom is -0.496 e. The number of halogens is 1. The van der Waals surface area contributed by atoms with Crippen LogP contribution in [-0.4, -0.2) is 29.5 Å². The Hall–Kier alpha value is -4.02. The topological polar surface area (TPSA) is 100 Å². The highest BCUT2D eigenvalue weighted by molar-refractivity contribution is 9.10. The second-order valence-corrected chi connectivity index (χ2v) is 11.7. The van der Waals surface area contributed by atoms with Gasteiger partial charge < -0.3 is 13.9 Å². The van der Waals surface area contributed by atoms with Crippen LogP contribution < -0.4 is 19.6 Å². The fourth-order valence-electron chi connectivity index (χ4n) is 4.66. The summed E-state index contributed by atoms with van der Waals surface area (Å²) >= 11 is 4.72. The molecule has 0 amide bonds. The molecule has 210 valence electrons. The van der Waals surface area contributed by atoms with E-state index in [1.54, 1.807) is 58.2 Å². The summed E-state index contributed by atoms with van der Waals surface area (Å²) in [6.07, 6.45) is 1.31. The molecule has 0 unspecified atom stereocenters. The number of carbonyl (C=O) groups is 2. The maximum atomic E-state index is 13.9. The van der Waals surface area contributed by atoms with Crippen LogP contribution in [0, 0.1) is 0 Å². The lowest BCUT2D eigenvalue weighted by atomic mass is 9.95. The zero-order valence-electron chi connectivity index (χ0n) is 23.1. The van der Waals surface area contributed by atoms with Gasteiger partial charge in [-0.3, -0.25) is 14.2 Å². The summed E-state index contributed by atoms with van der Waals surface area (Å²) in [6.45, 7) is 6.80. The van der Waals surface area contributed by atoms with Gasteiger partial charge in [-0.15, -0.1) is 0 Å². The third kappa shape index (κ3) is 5.62. The van der Waals surface area contributed by atoms with Crippen LogP contribution in [0.25, 0.3) is 17.4 Å². The number of esters is 1. The zero-order valence-corrected chi connectivity index (χ0v) is 25.5. The van der Waals surface area contributed by atoms with Crippen molar-refractivity contribution in [3.05, 3.63) is 107 Å². The van der Waals surface area contributed by atoms with Crippen molar-refractivity contribution in [1.82, 2.24) is 4.57 Å². The molecule has 2 aromatic carbocycles. The van der Waals surface area contributed by atoms with E-state index in [4.69, 9.17) is 13.9 Å². The van der Waals surface area contributed by atoms with Gasteiger partial charge in [0.05, 0.1) is 29.0 Å². The number of Topliss-reactive ketones (excluding diaryl/α,β-unsaturated/α-hetero) is 1. The molecule has 10 heteroatoms. The molecule has 0 spiro atoms. The lowest BCUT2D eigenvalue weighted by Gasteiger charge is -2.26. The summed E-state index contributed by atoms with van der Waals surface area (Å²) in [5, 5.41) is 0. The molecule has 2 aromatic heterocycles. The van der Waals surface area contributed by atoms with Crippen LogP contribution in [0.3, 0.4) is 0 Å². The van der Waals surface area contributed by atoms with Gasteiger partial charge in [-0.2, -0.15) is 0 Å². The summed E-state index contributed by atoms with van der Waals surface area (Å²) in [6, 6.07) is 15.3. The number of nitrogens with zero attached hydrogens (tertiary/aromatic N) is 2. The lowest BCUT2D eigenvalue weighted by Crippen LogP contribution is -2.40. The van der Waals surface area contributed by atoms with Crippen molar-refractivity contribution in [1.29, 1.82) is 0 Å². The summed E-state index contributed by atoms with van der Waals surface area (Å²) in [4.78, 5) is 44.0. The smallest absolute Gasteiger partial charge is 0.338 e. The molecule has 0 saturated heterocycles. The number of benzene rings is 2. The quantitative estimate of drug-likeness (QED) is 0.199. The number of ether oxygens (including phenoxy) is 2. The molecular formula is C31H27BrN2O6S. The Morgan fingerprint density at radius 1 is 1.12 bits per heavy atom. The van der Waals surface area contributed by atoms with Crippen LogP contribution in [0.4, 0.5) is 0 Å². The maximum Gasteiger partial charge on any atom is 0.338 e. The lowest BCUT2D eigenvalue weighted by molar-refractivity contribution is -0.143. The Balaban J connectivity index is 1.64. The third-order valence-corrected chi connectivity index (χ3v) is 8.02. The van der Waals surface area contributed by atoms with Crippen LogP contribution in [0.1, 0.15) is 55.4 Å². The van der Waals surface area contributed by atoms with Gasteiger partial charge >= 0.3 is 5.97 Å². The number of furan rings is 1. The predicted octanol–water partition coefficient (Wildman–Crippen LogP) is 5.42. The molecular weight excluding hydrogens is 608 g/mol. The van der Waals surface area contributed by atoms with Crippen LogP contribution in [-0.2, 0) is 9.53 Å². The van der Waals surface area contributed by atoms with E-state index in [0.29, 0.717) is 43.4 Å². The maximum absolute atomic E-state index is 13.9. The number of hydrogen-bond acceptors (Lipinski definition) is 8. The molecule has 1 aliphatic heterocycles. The third-order valence-electron chi connectivity index (χ3n) is 6.55. The average Bonchev–Trinajstić information content (AvgIpc) is 3.51. The van der Waals surface area contributed by atoms with Crippen molar-refractivity contribution in [3.63, 3.8) is 0 Å². The highest BCUT2D eigenvalue weighted by atomic mass is 79.9. The van der Waals surface area contributed by atoms with Crippen molar-refractivity contribution < 1.29 is 23.5 Å². The highest BCUT2D eigenvalue weighted by Crippen LogP contribution is 2.37. The van der Waals surface area contributed by atoms with Gasteiger partial charge in [-0.05, 0) is 58.0 Å². The number of fused-ring (bicyclic) bond motifs is 1. The molecule has 0 bridgehead atoms. The van der Waals surface area contributed by atoms with Crippen molar-refractivity contribution in [2.24, 2.45) is 4.99 Å². The van der Waals surface area contributed by atoms with Crippen molar-refractivity contribution in [2.75, 3.05) is 7.11 Å². The van der Waals surface area contributed by atoms with E-state index >= 15 is 0 Å². The molecule has 41 heavy (non-hydrogen) atoms. The Morgan fingerprint density at radius 2 is 1.85 bits per heavy atom. The molecule has 8 nitrogen and oxygen atoms in total. The Labute approximate surface area is 248 Å². The minimum absolute atomic E-state index is 0.0123. The van der Waals surface area contributed by atoms with Gasteiger partial charge in [-0.1, -0.05) is 51.5 Å². The molecule has 0 N–H and O–H groups in total. The molecule has 5 rings (SSSR count). The molecule has 3 heterocycles. The van der Waals surface area contributed by atoms with Gasteiger partial charge in [0.15, 0.2) is 10.6 Å². The number of methoxy groups -OCH3 is 1. The molecule has 0 aliphatic carbocycles.